The zero-order valence-electron chi connectivity index (χ0n) is 10.9. The number of nitrogens with zero attached hydrogens (tertiary/aromatic N) is 2. The van der Waals surface area contributed by atoms with Crippen molar-refractivity contribution in [1.82, 2.24) is 4.98 Å². The lowest BCUT2D eigenvalue weighted by atomic mass is 9.82. The largest absolute Gasteiger partial charge is 0.348 e. The summed E-state index contributed by atoms with van der Waals surface area (Å²) >= 11 is 1.77. The van der Waals surface area contributed by atoms with E-state index in [4.69, 9.17) is 5.73 Å². The van der Waals surface area contributed by atoms with Crippen LogP contribution in [0.25, 0.3) is 0 Å². The summed E-state index contributed by atoms with van der Waals surface area (Å²) in [6.07, 6.45) is 4.77. The first kappa shape index (κ1) is 12.8. The van der Waals surface area contributed by atoms with Gasteiger partial charge in [-0.05, 0) is 31.2 Å². The number of hydrogen-bond donors (Lipinski definition) is 1. The van der Waals surface area contributed by atoms with Crippen LogP contribution in [0, 0.1) is 5.41 Å². The Balaban J connectivity index is 2.04. The molecule has 3 nitrogen and oxygen atoms in total. The molecule has 17 heavy (non-hydrogen) atoms. The topological polar surface area (TPSA) is 42.2 Å². The zero-order valence-corrected chi connectivity index (χ0v) is 11.7. The van der Waals surface area contributed by atoms with Crippen LogP contribution < -0.4 is 10.6 Å². The third kappa shape index (κ3) is 2.63. The summed E-state index contributed by atoms with van der Waals surface area (Å²) in [6.45, 7) is 7.66. The van der Waals surface area contributed by atoms with Gasteiger partial charge in [0.1, 0.15) is 0 Å². The van der Waals surface area contributed by atoms with Crippen LogP contribution in [0.4, 0.5) is 5.13 Å². The van der Waals surface area contributed by atoms with Gasteiger partial charge in [0.15, 0.2) is 5.13 Å². The number of aromatic nitrogens is 1. The van der Waals surface area contributed by atoms with Crippen LogP contribution in [0.1, 0.15) is 38.8 Å². The lowest BCUT2D eigenvalue weighted by molar-refractivity contribution is 0.301. The molecule has 0 amide bonds. The zero-order chi connectivity index (χ0) is 12.3. The second-order valence-corrected chi connectivity index (χ2v) is 5.88. The summed E-state index contributed by atoms with van der Waals surface area (Å²) in [4.78, 5) is 7.14. The smallest absolute Gasteiger partial charge is 0.185 e. The fourth-order valence-electron chi connectivity index (χ4n) is 2.63. The second kappa shape index (κ2) is 5.36. The average Bonchev–Trinajstić information content (AvgIpc) is 2.96. The van der Waals surface area contributed by atoms with Gasteiger partial charge < -0.3 is 10.6 Å². The Hall–Kier alpha value is -0.610. The molecule has 0 aromatic carbocycles. The molecule has 1 saturated heterocycles. The first-order valence-electron chi connectivity index (χ1n) is 6.62. The summed E-state index contributed by atoms with van der Waals surface area (Å²) in [5.41, 5.74) is 7.24. The van der Waals surface area contributed by atoms with Gasteiger partial charge in [-0.25, -0.2) is 4.98 Å². The van der Waals surface area contributed by atoms with Crippen molar-refractivity contribution in [3.05, 3.63) is 11.1 Å². The standard InChI is InChI=1S/C13H23N3S/c1-3-13(4-2)6-8-16(10-13)12-15-11(5-7-14)9-17-12/h9H,3-8,10,14H2,1-2H3. The summed E-state index contributed by atoms with van der Waals surface area (Å²) in [7, 11) is 0. The van der Waals surface area contributed by atoms with Crippen LogP contribution in [0.2, 0.25) is 0 Å². The van der Waals surface area contributed by atoms with Gasteiger partial charge in [0.05, 0.1) is 5.69 Å². The maximum absolute atomic E-state index is 5.56. The molecule has 0 aliphatic carbocycles. The third-order valence-electron chi connectivity index (χ3n) is 4.15. The van der Waals surface area contributed by atoms with Crippen molar-refractivity contribution < 1.29 is 0 Å². The number of anilines is 1. The van der Waals surface area contributed by atoms with Crippen LogP contribution in [0.15, 0.2) is 5.38 Å². The fourth-order valence-corrected chi connectivity index (χ4v) is 3.52. The van der Waals surface area contributed by atoms with Gasteiger partial charge in [0, 0.05) is 24.9 Å². The van der Waals surface area contributed by atoms with E-state index in [-0.39, 0.29) is 0 Å². The Bertz CT molecular complexity index is 357. The van der Waals surface area contributed by atoms with Gasteiger partial charge in [0.25, 0.3) is 0 Å². The molecule has 2 heterocycles. The van der Waals surface area contributed by atoms with E-state index in [0.29, 0.717) is 12.0 Å². The lowest BCUT2D eigenvalue weighted by Crippen LogP contribution is -2.26. The van der Waals surface area contributed by atoms with Crippen LogP contribution in [0.3, 0.4) is 0 Å². The number of hydrogen-bond acceptors (Lipinski definition) is 4. The number of thiazole rings is 1. The Morgan fingerprint density at radius 3 is 2.82 bits per heavy atom. The quantitative estimate of drug-likeness (QED) is 0.877. The maximum Gasteiger partial charge on any atom is 0.185 e. The summed E-state index contributed by atoms with van der Waals surface area (Å²) in [5.74, 6) is 0. The second-order valence-electron chi connectivity index (χ2n) is 5.04. The number of rotatable bonds is 5. The summed E-state index contributed by atoms with van der Waals surface area (Å²) in [6, 6.07) is 0. The van der Waals surface area contributed by atoms with Crippen LogP contribution in [-0.4, -0.2) is 24.6 Å². The van der Waals surface area contributed by atoms with E-state index in [1.54, 1.807) is 11.3 Å². The average molecular weight is 253 g/mol. The van der Waals surface area contributed by atoms with Crippen LogP contribution >= 0.6 is 11.3 Å². The fraction of sp³-hybridized carbons (Fsp3) is 0.769. The van der Waals surface area contributed by atoms with Gasteiger partial charge in [0.2, 0.25) is 0 Å². The highest BCUT2D eigenvalue weighted by molar-refractivity contribution is 7.13. The van der Waals surface area contributed by atoms with E-state index < -0.39 is 0 Å². The van der Waals surface area contributed by atoms with Crippen molar-refractivity contribution >= 4 is 16.5 Å². The molecule has 1 aliphatic rings. The molecule has 2 rings (SSSR count). The Kier molecular flexibility index (Phi) is 4.05. The third-order valence-corrected chi connectivity index (χ3v) is 5.10. The van der Waals surface area contributed by atoms with Gasteiger partial charge in [-0.1, -0.05) is 13.8 Å². The van der Waals surface area contributed by atoms with E-state index in [1.165, 1.54) is 30.9 Å². The van der Waals surface area contributed by atoms with E-state index >= 15 is 0 Å². The van der Waals surface area contributed by atoms with Gasteiger partial charge >= 0.3 is 0 Å². The van der Waals surface area contributed by atoms with Crippen molar-refractivity contribution in [3.63, 3.8) is 0 Å². The molecule has 96 valence electrons. The van der Waals surface area contributed by atoms with E-state index in [0.717, 1.165) is 18.7 Å². The predicted molar refractivity (Wildman–Crippen MR) is 74.7 cm³/mol. The molecule has 1 aromatic heterocycles. The van der Waals surface area contributed by atoms with Crippen molar-refractivity contribution in [1.29, 1.82) is 0 Å². The molecule has 4 heteroatoms. The van der Waals surface area contributed by atoms with Crippen LogP contribution in [-0.2, 0) is 6.42 Å². The van der Waals surface area contributed by atoms with E-state index in [2.05, 4.69) is 29.1 Å². The highest BCUT2D eigenvalue weighted by Gasteiger charge is 2.35. The Morgan fingerprint density at radius 1 is 1.47 bits per heavy atom. The minimum atomic E-state index is 0.527. The lowest BCUT2D eigenvalue weighted by Gasteiger charge is -2.26. The monoisotopic (exact) mass is 253 g/mol. The predicted octanol–water partition coefficient (Wildman–Crippen LogP) is 2.66. The van der Waals surface area contributed by atoms with Crippen molar-refractivity contribution in [2.75, 3.05) is 24.5 Å². The van der Waals surface area contributed by atoms with E-state index in [1.807, 2.05) is 0 Å². The molecular formula is C13H23N3S. The van der Waals surface area contributed by atoms with Gasteiger partial charge in [-0.2, -0.15) is 0 Å². The number of nitrogens with two attached hydrogens (primary N) is 1. The molecule has 1 aromatic rings. The van der Waals surface area contributed by atoms with Gasteiger partial charge in [-0.15, -0.1) is 11.3 Å². The van der Waals surface area contributed by atoms with Crippen molar-refractivity contribution in [2.45, 2.75) is 39.5 Å². The molecule has 0 radical (unpaired) electrons. The molecule has 0 unspecified atom stereocenters. The normalized spacial score (nSPS) is 18.9. The Labute approximate surface area is 108 Å². The molecule has 0 saturated carbocycles. The highest BCUT2D eigenvalue weighted by atomic mass is 32.1. The molecule has 0 atom stereocenters. The first-order chi connectivity index (χ1) is 8.23. The van der Waals surface area contributed by atoms with Crippen LogP contribution in [0.5, 0.6) is 0 Å². The molecule has 1 fully saturated rings. The minimum Gasteiger partial charge on any atom is -0.348 e. The summed E-state index contributed by atoms with van der Waals surface area (Å²) in [5, 5.41) is 3.34. The molecule has 2 N–H and O–H groups in total. The Morgan fingerprint density at radius 2 is 2.24 bits per heavy atom. The first-order valence-corrected chi connectivity index (χ1v) is 7.50. The molecular weight excluding hydrogens is 230 g/mol. The van der Waals surface area contributed by atoms with Crippen molar-refractivity contribution in [3.8, 4) is 0 Å². The molecule has 1 aliphatic heterocycles. The van der Waals surface area contributed by atoms with Crippen molar-refractivity contribution in [2.24, 2.45) is 11.1 Å². The van der Waals surface area contributed by atoms with Gasteiger partial charge in [-0.3, -0.25) is 0 Å². The molecule has 0 bridgehead atoms. The SMILES string of the molecule is CCC1(CC)CCN(c2nc(CCN)cs2)C1. The molecule has 0 spiro atoms. The highest BCUT2D eigenvalue weighted by Crippen LogP contribution is 2.39. The minimum absolute atomic E-state index is 0.527. The van der Waals surface area contributed by atoms with E-state index in [9.17, 15) is 0 Å². The summed E-state index contributed by atoms with van der Waals surface area (Å²) < 4.78 is 0. The maximum atomic E-state index is 5.56.